The molecule has 5 saturated heterocycles. The van der Waals surface area contributed by atoms with E-state index in [0.717, 1.165) is 70.8 Å². The Balaban J connectivity index is 0.000000523. The maximum atomic E-state index is 11.9. The highest BCUT2D eigenvalue weighted by Gasteiger charge is 2.40. The van der Waals surface area contributed by atoms with Crippen LogP contribution in [0.1, 0.15) is 216 Å². The van der Waals surface area contributed by atoms with Gasteiger partial charge in [0.25, 0.3) is 0 Å². The number of likely N-dealkylation sites (tertiary alicyclic amines) is 5. The van der Waals surface area contributed by atoms with E-state index >= 15 is 0 Å². The number of hydrogen-bond acceptors (Lipinski definition) is 15. The van der Waals surface area contributed by atoms with E-state index in [1.807, 2.05) is 27.7 Å². The molecule has 5 rings (SSSR count). The van der Waals surface area contributed by atoms with E-state index in [0.29, 0.717) is 84.8 Å². The summed E-state index contributed by atoms with van der Waals surface area (Å²) >= 11 is 0. The van der Waals surface area contributed by atoms with Crippen LogP contribution >= 0.6 is 0 Å². The van der Waals surface area contributed by atoms with E-state index in [-0.39, 0.29) is 101 Å². The van der Waals surface area contributed by atoms with E-state index in [2.05, 4.69) is 32.4 Å². The van der Waals surface area contributed by atoms with Gasteiger partial charge >= 0.3 is 29.8 Å². The summed E-state index contributed by atoms with van der Waals surface area (Å²) < 4.78 is 25.3. The van der Waals surface area contributed by atoms with Crippen molar-refractivity contribution in [1.82, 2.24) is 24.5 Å². The molecule has 5 aliphatic heterocycles. The first-order valence-electron chi connectivity index (χ1n) is 31.5. The van der Waals surface area contributed by atoms with Crippen LogP contribution in [0.5, 0.6) is 0 Å². The Kier molecular flexibility index (Phi) is 39.5. The number of amides is 5. The zero-order valence-corrected chi connectivity index (χ0v) is 53.5. The minimum atomic E-state index is -0.287. The molecule has 0 saturated carbocycles. The number of rotatable bonds is 30. The van der Waals surface area contributed by atoms with Gasteiger partial charge in [-0.25, -0.2) is 0 Å². The minimum absolute atomic E-state index is 0.0300. The van der Waals surface area contributed by atoms with Gasteiger partial charge in [0.15, 0.2) is 0 Å². The predicted octanol–water partition coefficient (Wildman–Crippen LogP) is 9.11. The van der Waals surface area contributed by atoms with Crippen LogP contribution in [0.3, 0.4) is 0 Å². The number of carbonyl (C=O) groups is 10. The van der Waals surface area contributed by atoms with Crippen molar-refractivity contribution in [3.63, 3.8) is 0 Å². The average Bonchev–Trinajstić information content (AvgIpc) is 4.43. The fourth-order valence-corrected chi connectivity index (χ4v) is 9.84. The number of unbranched alkanes of at least 4 members (excludes halogenated alkanes) is 15. The molecular weight excluding hydrogens is 1070 g/mol. The lowest BCUT2D eigenvalue weighted by Gasteiger charge is -2.31. The molecule has 5 fully saturated rings. The third-order valence-corrected chi connectivity index (χ3v) is 15.3. The molecule has 0 aromatic rings. The largest absolute Gasteiger partial charge is 0.469 e. The molecule has 0 radical (unpaired) electrons. The van der Waals surface area contributed by atoms with Gasteiger partial charge in [0.05, 0.1) is 63.1 Å². The first kappa shape index (κ1) is 75.7. The van der Waals surface area contributed by atoms with Crippen molar-refractivity contribution < 1.29 is 71.6 Å². The quantitative estimate of drug-likeness (QED) is 0.0371. The lowest BCUT2D eigenvalue weighted by molar-refractivity contribution is -0.149. The van der Waals surface area contributed by atoms with Gasteiger partial charge in [-0.05, 0) is 52.9 Å². The van der Waals surface area contributed by atoms with Crippen LogP contribution in [0.15, 0.2) is 0 Å². The molecule has 5 atom stereocenters. The number of carbonyl (C=O) groups excluding carboxylic acids is 10. The summed E-state index contributed by atoms with van der Waals surface area (Å²) in [6.45, 7) is 21.9. The molecule has 0 N–H and O–H groups in total. The second kappa shape index (κ2) is 43.3. The molecule has 83 heavy (non-hydrogen) atoms. The van der Waals surface area contributed by atoms with Gasteiger partial charge in [0.1, 0.15) is 0 Å². The van der Waals surface area contributed by atoms with Gasteiger partial charge in [-0.3, -0.25) is 47.9 Å². The van der Waals surface area contributed by atoms with Gasteiger partial charge < -0.3 is 48.2 Å². The van der Waals surface area contributed by atoms with Gasteiger partial charge in [-0.1, -0.05) is 131 Å². The highest BCUT2D eigenvalue weighted by Crippen LogP contribution is 2.27. The Morgan fingerprint density at radius 3 is 0.976 bits per heavy atom. The normalized spacial score (nSPS) is 20.2. The van der Waals surface area contributed by atoms with Crippen LogP contribution in [0, 0.1) is 29.6 Å². The summed E-state index contributed by atoms with van der Waals surface area (Å²) in [5.74, 6) is -2.14. The van der Waals surface area contributed by atoms with Gasteiger partial charge in [0, 0.05) is 98.1 Å². The second-order valence-electron chi connectivity index (χ2n) is 23.8. The Bertz CT molecular complexity index is 1960. The fourth-order valence-electron chi connectivity index (χ4n) is 9.84. The summed E-state index contributed by atoms with van der Waals surface area (Å²) in [7, 11) is 6.51. The molecular formula is C63H111N5O15. The minimum Gasteiger partial charge on any atom is -0.469 e. The molecule has 5 heterocycles. The highest BCUT2D eigenvalue weighted by atomic mass is 16.5. The van der Waals surface area contributed by atoms with Crippen LogP contribution in [-0.4, -0.2) is 183 Å². The zero-order chi connectivity index (χ0) is 62.3. The molecule has 5 aliphatic rings. The van der Waals surface area contributed by atoms with Crippen LogP contribution in [0.2, 0.25) is 0 Å². The molecule has 5 amide bonds. The van der Waals surface area contributed by atoms with E-state index in [4.69, 9.17) is 18.9 Å². The summed E-state index contributed by atoms with van der Waals surface area (Å²) in [6.07, 6.45) is 24.1. The van der Waals surface area contributed by atoms with E-state index < -0.39 is 0 Å². The van der Waals surface area contributed by atoms with Crippen molar-refractivity contribution in [3.8, 4) is 0 Å². The summed E-state index contributed by atoms with van der Waals surface area (Å²) in [6, 6.07) is 0. The van der Waals surface area contributed by atoms with E-state index in [1.165, 1.54) is 71.3 Å². The van der Waals surface area contributed by atoms with Gasteiger partial charge in [-0.15, -0.1) is 0 Å². The number of methoxy groups -OCH3 is 1. The molecule has 0 aromatic carbocycles. The van der Waals surface area contributed by atoms with Crippen molar-refractivity contribution >= 4 is 59.4 Å². The Morgan fingerprint density at radius 1 is 0.373 bits per heavy atom. The van der Waals surface area contributed by atoms with Crippen molar-refractivity contribution in [3.05, 3.63) is 0 Å². The SMILES string of the molecule is CCCCCCCCOC(=O)C1CC(=O)N(C)C1.CCCCCCCCOC(=O)C1CC(=O)N(CCCC)C1.CCCCCCOC(=O)C1CC(=O)N(C)C1.CCCCOC(=O)C1CC(=O)N(C)C1.COC(=O)C1CC(=O)N(C(C)(C)C)C1. The molecule has 0 aliphatic carbocycles. The van der Waals surface area contributed by atoms with Crippen molar-refractivity contribution in [1.29, 1.82) is 0 Å². The maximum absolute atomic E-state index is 11.9. The molecule has 5 unspecified atom stereocenters. The molecule has 478 valence electrons. The molecule has 0 spiro atoms. The standard InChI is InChI=1S/C17H31NO3.C14H25NO3.C12H21NO3.2C10H17NO3/c1-3-5-7-8-9-10-12-21-17(20)15-13-16(19)18(14-15)11-6-4-2;1-3-4-5-6-7-8-9-18-14(17)12-10-13(16)15(2)11-12;1-3-4-5-6-7-16-12(15)10-8-11(14)13(2)9-10;1-10(2,3)11-6-7(5-8(11)12)9(13)14-4;1-3-4-5-14-10(13)8-6-9(12)11(2)7-8/h15H,3-14H2,1-2H3;12H,3-11H2,1-2H3;10H,3-9H2,1-2H3;7H,5-6H2,1-4H3;8H,3-7H2,1-2H3. The third kappa shape index (κ3) is 31.4. The lowest BCUT2D eigenvalue weighted by atomic mass is 10.1. The Morgan fingerprint density at radius 2 is 0.663 bits per heavy atom. The monoisotopic (exact) mass is 1180 g/mol. The summed E-state index contributed by atoms with van der Waals surface area (Å²) in [5, 5.41) is 0. The van der Waals surface area contributed by atoms with Gasteiger partial charge in [0.2, 0.25) is 29.5 Å². The van der Waals surface area contributed by atoms with Crippen LogP contribution in [0.25, 0.3) is 0 Å². The average molecular weight is 1180 g/mol. The van der Waals surface area contributed by atoms with E-state index in [1.54, 1.807) is 45.6 Å². The summed E-state index contributed by atoms with van der Waals surface area (Å²) in [5.41, 5.74) is -0.208. The van der Waals surface area contributed by atoms with Crippen LogP contribution in [0.4, 0.5) is 0 Å². The lowest BCUT2D eigenvalue weighted by Crippen LogP contribution is -2.42. The molecule has 0 aromatic heterocycles. The highest BCUT2D eigenvalue weighted by molar-refractivity contribution is 5.89. The Labute approximate surface area is 498 Å². The fraction of sp³-hybridized carbons (Fsp3) is 0.841. The zero-order valence-electron chi connectivity index (χ0n) is 53.5. The molecule has 20 heteroatoms. The number of hydrogen-bond donors (Lipinski definition) is 0. The Hall–Kier alpha value is -5.30. The molecule has 0 bridgehead atoms. The predicted molar refractivity (Wildman–Crippen MR) is 318 cm³/mol. The summed E-state index contributed by atoms with van der Waals surface area (Å²) in [4.78, 5) is 123. The van der Waals surface area contributed by atoms with Crippen molar-refractivity contribution in [2.24, 2.45) is 29.6 Å². The topological polar surface area (TPSA) is 233 Å². The first-order chi connectivity index (χ1) is 39.5. The molecule has 20 nitrogen and oxygen atoms in total. The third-order valence-electron chi connectivity index (χ3n) is 15.3. The van der Waals surface area contributed by atoms with Gasteiger partial charge in [-0.2, -0.15) is 0 Å². The van der Waals surface area contributed by atoms with Crippen molar-refractivity contribution in [2.75, 3.05) is 93.9 Å². The van der Waals surface area contributed by atoms with Crippen molar-refractivity contribution in [2.45, 2.75) is 221 Å². The second-order valence-corrected chi connectivity index (χ2v) is 23.8. The van der Waals surface area contributed by atoms with Crippen LogP contribution in [-0.2, 0) is 71.6 Å². The number of ether oxygens (including phenoxy) is 5. The maximum Gasteiger partial charge on any atom is 0.311 e. The first-order valence-corrected chi connectivity index (χ1v) is 31.5. The smallest absolute Gasteiger partial charge is 0.311 e. The number of esters is 5. The van der Waals surface area contributed by atoms with Crippen LogP contribution < -0.4 is 0 Å². The number of nitrogens with zero attached hydrogens (tertiary/aromatic N) is 5. The van der Waals surface area contributed by atoms with E-state index in [9.17, 15) is 47.9 Å².